The molecule has 0 radical (unpaired) electrons. The summed E-state index contributed by atoms with van der Waals surface area (Å²) < 4.78 is 22.6. The normalized spacial score (nSPS) is 13.1. The van der Waals surface area contributed by atoms with E-state index in [1.165, 1.54) is 118 Å². The molecule has 0 atom stereocenters. The molecule has 0 saturated heterocycles. The minimum atomic E-state index is -0.743. The molecule has 10 rings (SSSR count). The maximum Gasteiger partial charge on any atom is 1.00 e. The largest absolute Gasteiger partial charge is 1.00 e. The van der Waals surface area contributed by atoms with E-state index in [2.05, 4.69) is 144 Å². The van der Waals surface area contributed by atoms with Crippen LogP contribution in [-0.4, -0.2) is 50.3 Å². The molecule has 5 aromatic carbocycles. The number of hydrogen-bond donors (Lipinski definition) is 0. The third-order valence-electron chi connectivity index (χ3n) is 11.9. The van der Waals surface area contributed by atoms with Crippen LogP contribution in [0.1, 0.15) is 69.4 Å². The molecule has 0 aliphatic carbocycles. The summed E-state index contributed by atoms with van der Waals surface area (Å²) in [6.07, 6.45) is 2.04. The summed E-state index contributed by atoms with van der Waals surface area (Å²) in [6, 6.07) is 46.8. The van der Waals surface area contributed by atoms with Crippen molar-refractivity contribution in [1.29, 1.82) is 15.8 Å². The Morgan fingerprint density at radius 1 is 0.402 bits per heavy atom. The minimum Gasteiger partial charge on any atom is -0.467 e. The van der Waals surface area contributed by atoms with Gasteiger partial charge in [-0.1, -0.05) is 65.5 Å². The number of carbonyl (C=O) groups is 4. The van der Waals surface area contributed by atoms with Crippen molar-refractivity contribution in [2.24, 2.45) is 0 Å². The van der Waals surface area contributed by atoms with Crippen molar-refractivity contribution >= 4 is 141 Å². The molecular formula is C71H46K10N8O8S10. The number of benzene rings is 5. The van der Waals surface area contributed by atoms with Crippen molar-refractivity contribution in [3.8, 4) is 18.2 Å². The van der Waals surface area contributed by atoms with Crippen LogP contribution < -0.4 is 514 Å². The second kappa shape index (κ2) is 64.6. The van der Waals surface area contributed by atoms with Crippen molar-refractivity contribution in [2.45, 2.75) is 122 Å². The van der Waals surface area contributed by atoms with Crippen LogP contribution in [0.2, 0.25) is 0 Å². The van der Waals surface area contributed by atoms with Crippen LogP contribution in [0.25, 0.3) is 24.2 Å². The predicted octanol–water partition coefficient (Wildman–Crippen LogP) is -11.5. The number of ether oxygens (including phenoxy) is 4. The van der Waals surface area contributed by atoms with Gasteiger partial charge in [-0.3, -0.25) is 67.7 Å². The molecule has 0 N–H and O–H groups in total. The third-order valence-corrected chi connectivity index (χ3v) is 24.0. The van der Waals surface area contributed by atoms with Crippen LogP contribution in [0.3, 0.4) is 0 Å². The number of esters is 4. The summed E-state index contributed by atoms with van der Waals surface area (Å²) >= 11 is 13.8. The molecule has 5 aliphatic rings. The zero-order valence-corrected chi connectivity index (χ0v) is 102. The number of fused-ring (bicyclic) bond motifs is 5. The van der Waals surface area contributed by atoms with E-state index < -0.39 is 23.9 Å². The first-order valence-corrected chi connectivity index (χ1v) is 35.7. The van der Waals surface area contributed by atoms with E-state index in [4.69, 9.17) is 62.9 Å². The zero-order chi connectivity index (χ0) is 71.1. The van der Waals surface area contributed by atoms with Gasteiger partial charge in [-0.25, -0.2) is 98.6 Å². The van der Waals surface area contributed by atoms with Gasteiger partial charge in [0.05, 0.1) is 51.1 Å². The summed E-state index contributed by atoms with van der Waals surface area (Å²) in [5.41, 5.74) is 5.50. The number of carbonyl (C=O) groups excluding carboxylic acids is 4. The van der Waals surface area contributed by atoms with Crippen molar-refractivity contribution in [3.05, 3.63) is 251 Å². The summed E-state index contributed by atoms with van der Waals surface area (Å²) in [6.45, 7) is 59.9. The van der Waals surface area contributed by atoms with E-state index in [0.717, 1.165) is 102 Å². The van der Waals surface area contributed by atoms with Crippen LogP contribution in [0.4, 0.5) is 0 Å². The Morgan fingerprint density at radius 3 is 0.953 bits per heavy atom. The first-order chi connectivity index (χ1) is 46.3. The standard InChI is InChI=1S/C19H17NO4S2.C15H9NO4S2.C14H10N2S2.C12H6N2S2.C11H4N2S2.10K/c1-6-15(21)23-9-10-24-17(22)16(20-5)18-25-13-8-7-12(19(2,3)4)11-14(13)26-18;1-3-12(17)19-8-9-20-14(18)13(16-2)15-21-10-6-4-5-7-11(10)22-15;1-14(2,3)9-5-6-11-12(7-9)18-13(17-11)10(8-15)16-4;1-7-4-10-11(5-8(7)2)16-12(15-10)9(6-13)14-3;1-7-3-4-9-10(5-7)15-11(14-9)8(6-12)13-2;;;;;;;;;;/h6-7H,1,9-10H2,2-4H3;3-5H,1,8-9H2;5H,1-3H3;1-2H3;3H,1H3;;;;;;;;;;/q5*-2;10*+1/b18-16-;;13-10-;;11-8-;;;;;;;;;;. The molecule has 0 saturated carbocycles. The molecule has 0 amide bonds. The van der Waals surface area contributed by atoms with Gasteiger partial charge in [0.1, 0.15) is 26.4 Å². The molecule has 16 nitrogen and oxygen atoms in total. The van der Waals surface area contributed by atoms with Crippen molar-refractivity contribution in [2.75, 3.05) is 26.4 Å². The van der Waals surface area contributed by atoms with E-state index in [1.54, 1.807) is 12.1 Å². The third kappa shape index (κ3) is 40.4. The number of thioether (sulfide) groups is 10. The Labute approximate surface area is 1100 Å². The molecule has 5 aliphatic heterocycles. The number of rotatable bonds is 10. The molecule has 0 fully saturated rings. The minimum absolute atomic E-state index is 0. The second-order valence-corrected chi connectivity index (χ2v) is 32.3. The van der Waals surface area contributed by atoms with E-state index in [-0.39, 0.29) is 580 Å². The van der Waals surface area contributed by atoms with Gasteiger partial charge in [0.15, 0.2) is 0 Å². The molecule has 0 bridgehead atoms. The molecule has 5 heterocycles. The average molecular weight is 1850 g/mol. The van der Waals surface area contributed by atoms with Crippen LogP contribution in [0.15, 0.2) is 154 Å². The van der Waals surface area contributed by atoms with Gasteiger partial charge in [-0.2, -0.15) is 118 Å². The Hall–Kier alpha value is 7.94. The van der Waals surface area contributed by atoms with Crippen LogP contribution in [0, 0.1) is 148 Å². The topological polar surface area (TPSA) is 198 Å². The average Bonchev–Trinajstić information content (AvgIpc) is 1.75. The maximum absolute atomic E-state index is 12.2. The van der Waals surface area contributed by atoms with Gasteiger partial charge in [-0.15, -0.1) is 20.8 Å². The van der Waals surface area contributed by atoms with Crippen LogP contribution >= 0.6 is 118 Å². The van der Waals surface area contributed by atoms with Gasteiger partial charge >= 0.3 is 538 Å². The fourth-order valence-electron chi connectivity index (χ4n) is 6.92. The molecule has 5 aromatic rings. The molecule has 0 unspecified atom stereocenters. The van der Waals surface area contributed by atoms with E-state index in [9.17, 15) is 19.2 Å². The second-order valence-electron chi connectivity index (χ2n) is 20.8. The van der Waals surface area contributed by atoms with Gasteiger partial charge in [0.25, 0.3) is 28.5 Å². The van der Waals surface area contributed by atoms with Gasteiger partial charge < -0.3 is 79.6 Å². The number of nitrogens with zero attached hydrogens (tertiary/aromatic N) is 8. The Kier molecular flexibility index (Phi) is 74.6. The number of aryl methyl sites for hydroxylation is 3. The Morgan fingerprint density at radius 2 is 0.664 bits per heavy atom. The van der Waals surface area contributed by atoms with Crippen molar-refractivity contribution in [3.63, 3.8) is 0 Å². The Bertz CT molecular complexity index is 4500. The van der Waals surface area contributed by atoms with Gasteiger partial charge in [-0.05, 0) is 0 Å². The maximum atomic E-state index is 12.2. The number of hydrogen-bond acceptors (Lipinski definition) is 21. The van der Waals surface area contributed by atoms with E-state index in [1.807, 2.05) is 57.2 Å². The summed E-state index contributed by atoms with van der Waals surface area (Å²) in [5.74, 6) is -2.67. The summed E-state index contributed by atoms with van der Waals surface area (Å²) in [4.78, 5) is 71.2. The quantitative estimate of drug-likeness (QED) is 0.0243. The molecule has 0 aromatic heterocycles. The summed E-state index contributed by atoms with van der Waals surface area (Å²) in [7, 11) is 0. The summed E-state index contributed by atoms with van der Waals surface area (Å²) in [5, 5.41) is 26.4. The number of nitriles is 3. The molecule has 107 heavy (non-hydrogen) atoms. The van der Waals surface area contributed by atoms with Crippen molar-refractivity contribution in [1.82, 2.24) is 0 Å². The number of allylic oxidation sites excluding steroid dienone is 3. The van der Waals surface area contributed by atoms with Crippen LogP contribution in [0.5, 0.6) is 0 Å². The van der Waals surface area contributed by atoms with Crippen molar-refractivity contribution < 1.29 is 552 Å². The fraction of sp³-hybridized carbons (Fsp3) is 0.211. The van der Waals surface area contributed by atoms with Gasteiger partial charge in [0.2, 0.25) is 0 Å². The van der Waals surface area contributed by atoms with E-state index in [0.29, 0.717) is 8.47 Å². The SMILES string of the molecule is [C-]#[N+]/C(C#N)=C1/Sc2[c-]cc(C(C)(C)C)[c-]c2S1.[C-]#[N+]/C(C#N)=C1/Sc2[c-]cc(C)[c-]c2S1.[C-]#[N+]/C(C(=O)OCCOC(=O)C=C)=C1/Sc2[c-]cc(C(C)(C)C)[c-]c2S1.[C-]#[N+]C(C#N)=C1Sc2[c-]c(C)c(C)[c-]c2S1.[C-]#[N+]C(C(=O)OCCOC(=O)C=C)=C1Sc2[c-]cc[c-]c2S1.[K+].[K+].[K+].[K+].[K+].[K+].[K+].[K+].[K+].[K+]. The zero-order valence-electron chi connectivity index (χ0n) is 62.7. The molecule has 36 heteroatoms. The smallest absolute Gasteiger partial charge is 0.467 e. The Balaban J connectivity index is -0.000000401. The molecular weight excluding hydrogens is 1800 g/mol. The predicted molar refractivity (Wildman–Crippen MR) is 380 cm³/mol. The molecule has 488 valence electrons. The molecule has 0 spiro atoms. The fourth-order valence-corrected chi connectivity index (χ4v) is 18.4. The first-order valence-electron chi connectivity index (χ1n) is 27.6. The van der Waals surface area contributed by atoms with Crippen LogP contribution in [-0.2, 0) is 49.0 Å². The van der Waals surface area contributed by atoms with E-state index >= 15 is 0 Å². The first kappa shape index (κ1) is 123. The van der Waals surface area contributed by atoms with Gasteiger partial charge in [0, 0.05) is 33.3 Å². The monoisotopic (exact) mass is 1850 g/mol.